The standard InChI is InChI=1S/C19H23N5OS/c1-11-5-7-23(8-6-11)19(25)16-21-17-15-13-9-12(2)3-4-14(13)26-18(15)20-10-24(17)22-16/h10-12H,3-9H2,1-2H3/t12-/m1/s1. The molecule has 3 aromatic heterocycles. The molecule has 6 nitrogen and oxygen atoms in total. The highest BCUT2D eigenvalue weighted by atomic mass is 32.1. The largest absolute Gasteiger partial charge is 0.336 e. The molecule has 26 heavy (non-hydrogen) atoms. The molecular weight excluding hydrogens is 346 g/mol. The molecule has 0 unspecified atom stereocenters. The molecule has 1 saturated heterocycles. The van der Waals surface area contributed by atoms with Crippen LogP contribution in [0.25, 0.3) is 15.9 Å². The zero-order valence-electron chi connectivity index (χ0n) is 15.2. The number of carbonyl (C=O) groups excluding carboxylic acids is 1. The van der Waals surface area contributed by atoms with E-state index in [0.29, 0.717) is 17.7 Å². The van der Waals surface area contributed by atoms with Gasteiger partial charge in [-0.05, 0) is 49.5 Å². The molecule has 1 amide bonds. The Labute approximate surface area is 156 Å². The fourth-order valence-electron chi connectivity index (χ4n) is 4.19. The fraction of sp³-hybridized carbons (Fsp3) is 0.579. The fourth-order valence-corrected chi connectivity index (χ4v) is 5.37. The first-order valence-corrected chi connectivity index (χ1v) is 10.4. The number of rotatable bonds is 1. The highest BCUT2D eigenvalue weighted by molar-refractivity contribution is 7.19. The number of hydrogen-bond donors (Lipinski definition) is 0. The van der Waals surface area contributed by atoms with Crippen molar-refractivity contribution in [2.75, 3.05) is 13.1 Å². The van der Waals surface area contributed by atoms with Crippen molar-refractivity contribution >= 4 is 33.1 Å². The van der Waals surface area contributed by atoms with Gasteiger partial charge >= 0.3 is 0 Å². The first kappa shape index (κ1) is 16.2. The van der Waals surface area contributed by atoms with Gasteiger partial charge in [-0.3, -0.25) is 4.79 Å². The molecule has 4 heterocycles. The number of aryl methyl sites for hydroxylation is 1. The first-order chi connectivity index (χ1) is 12.6. The molecule has 3 aromatic rings. The lowest BCUT2D eigenvalue weighted by atomic mass is 9.89. The maximum Gasteiger partial charge on any atom is 0.293 e. The number of amides is 1. The molecule has 0 aromatic carbocycles. The Bertz CT molecular complexity index is 998. The molecule has 0 bridgehead atoms. The van der Waals surface area contributed by atoms with Gasteiger partial charge in [-0.25, -0.2) is 14.5 Å². The molecule has 1 aliphatic carbocycles. The highest BCUT2D eigenvalue weighted by Gasteiger charge is 2.27. The van der Waals surface area contributed by atoms with Gasteiger partial charge in [-0.2, -0.15) is 0 Å². The number of carbonyl (C=O) groups is 1. The predicted molar refractivity (Wildman–Crippen MR) is 102 cm³/mol. The quantitative estimate of drug-likeness (QED) is 0.660. The number of aromatic nitrogens is 4. The Morgan fingerprint density at radius 1 is 1.19 bits per heavy atom. The number of piperidine rings is 1. The van der Waals surface area contributed by atoms with Crippen LogP contribution in [-0.4, -0.2) is 43.5 Å². The number of hydrogen-bond acceptors (Lipinski definition) is 5. The molecule has 2 aliphatic rings. The first-order valence-electron chi connectivity index (χ1n) is 9.55. The summed E-state index contributed by atoms with van der Waals surface area (Å²) in [6.45, 7) is 6.15. The van der Waals surface area contributed by atoms with E-state index in [1.165, 1.54) is 16.9 Å². The Morgan fingerprint density at radius 3 is 2.81 bits per heavy atom. The summed E-state index contributed by atoms with van der Waals surface area (Å²) in [6, 6.07) is 0. The highest BCUT2D eigenvalue weighted by Crippen LogP contribution is 2.38. The molecule has 1 aliphatic heterocycles. The predicted octanol–water partition coefficient (Wildman–Crippen LogP) is 3.34. The number of fused-ring (bicyclic) bond motifs is 5. The second kappa shape index (κ2) is 6.01. The second-order valence-corrected chi connectivity index (χ2v) is 9.04. The SMILES string of the molecule is CC1CCN(C(=O)c2nc3c4c5c(sc4ncn3n2)CC[C@@H](C)C5)CC1. The normalized spacial score (nSPS) is 21.5. The minimum Gasteiger partial charge on any atom is -0.336 e. The third-order valence-electron chi connectivity index (χ3n) is 5.89. The summed E-state index contributed by atoms with van der Waals surface area (Å²) < 4.78 is 1.69. The van der Waals surface area contributed by atoms with Crippen molar-refractivity contribution in [3.63, 3.8) is 0 Å². The van der Waals surface area contributed by atoms with Crippen LogP contribution in [-0.2, 0) is 12.8 Å². The number of nitrogens with zero attached hydrogens (tertiary/aromatic N) is 5. The lowest BCUT2D eigenvalue weighted by Crippen LogP contribution is -2.38. The maximum atomic E-state index is 12.9. The van der Waals surface area contributed by atoms with Crippen molar-refractivity contribution in [2.45, 2.75) is 46.0 Å². The molecule has 136 valence electrons. The van der Waals surface area contributed by atoms with Gasteiger partial charge in [-0.1, -0.05) is 13.8 Å². The average molecular weight is 369 g/mol. The third kappa shape index (κ3) is 2.52. The van der Waals surface area contributed by atoms with Gasteiger partial charge in [0.25, 0.3) is 5.91 Å². The third-order valence-corrected chi connectivity index (χ3v) is 7.09. The molecular formula is C19H23N5OS. The monoisotopic (exact) mass is 369 g/mol. The number of thiophene rings is 1. The van der Waals surface area contributed by atoms with Gasteiger partial charge < -0.3 is 4.90 Å². The van der Waals surface area contributed by atoms with Crippen molar-refractivity contribution in [3.8, 4) is 0 Å². The Kier molecular flexibility index (Phi) is 3.74. The van der Waals surface area contributed by atoms with E-state index in [-0.39, 0.29) is 5.91 Å². The van der Waals surface area contributed by atoms with Gasteiger partial charge in [0.2, 0.25) is 5.82 Å². The van der Waals surface area contributed by atoms with E-state index in [1.54, 1.807) is 22.2 Å². The van der Waals surface area contributed by atoms with Crippen LogP contribution in [0.1, 0.15) is 54.2 Å². The zero-order valence-corrected chi connectivity index (χ0v) is 16.1. The van der Waals surface area contributed by atoms with Crippen LogP contribution in [0.3, 0.4) is 0 Å². The minimum atomic E-state index is -0.0498. The molecule has 1 atom stereocenters. The molecule has 5 rings (SSSR count). The van der Waals surface area contributed by atoms with Gasteiger partial charge in [0.1, 0.15) is 11.2 Å². The van der Waals surface area contributed by atoms with Crippen molar-refractivity contribution in [1.29, 1.82) is 0 Å². The van der Waals surface area contributed by atoms with Crippen LogP contribution in [0.4, 0.5) is 0 Å². The van der Waals surface area contributed by atoms with E-state index in [9.17, 15) is 4.79 Å². The maximum absolute atomic E-state index is 12.9. The van der Waals surface area contributed by atoms with Gasteiger partial charge in [0.05, 0.1) is 5.39 Å². The van der Waals surface area contributed by atoms with Gasteiger partial charge in [0, 0.05) is 18.0 Å². The lowest BCUT2D eigenvalue weighted by Gasteiger charge is -2.29. The summed E-state index contributed by atoms with van der Waals surface area (Å²) in [7, 11) is 0. The van der Waals surface area contributed by atoms with Crippen LogP contribution in [0.15, 0.2) is 6.33 Å². The van der Waals surface area contributed by atoms with Crippen molar-refractivity contribution in [1.82, 2.24) is 24.5 Å². The van der Waals surface area contributed by atoms with Crippen LogP contribution >= 0.6 is 11.3 Å². The van der Waals surface area contributed by atoms with Gasteiger partial charge in [-0.15, -0.1) is 16.4 Å². The molecule has 0 N–H and O–H groups in total. The van der Waals surface area contributed by atoms with E-state index in [1.807, 2.05) is 4.90 Å². The molecule has 7 heteroatoms. The van der Waals surface area contributed by atoms with E-state index < -0.39 is 0 Å². The van der Waals surface area contributed by atoms with Crippen LogP contribution in [0, 0.1) is 11.8 Å². The van der Waals surface area contributed by atoms with E-state index in [0.717, 1.165) is 54.6 Å². The summed E-state index contributed by atoms with van der Waals surface area (Å²) in [5, 5.41) is 5.57. The summed E-state index contributed by atoms with van der Waals surface area (Å²) in [6.07, 6.45) is 7.24. The van der Waals surface area contributed by atoms with E-state index in [4.69, 9.17) is 0 Å². The summed E-state index contributed by atoms with van der Waals surface area (Å²) in [5.74, 6) is 1.63. The van der Waals surface area contributed by atoms with Crippen molar-refractivity contribution in [3.05, 3.63) is 22.6 Å². The Hall–Kier alpha value is -2.02. The number of likely N-dealkylation sites (tertiary alicyclic amines) is 1. The topological polar surface area (TPSA) is 63.4 Å². The molecule has 0 saturated carbocycles. The summed E-state index contributed by atoms with van der Waals surface area (Å²) >= 11 is 1.77. The Balaban J connectivity index is 1.58. The van der Waals surface area contributed by atoms with Gasteiger partial charge in [0.15, 0.2) is 5.65 Å². The van der Waals surface area contributed by atoms with E-state index in [2.05, 4.69) is 28.9 Å². The van der Waals surface area contributed by atoms with Crippen molar-refractivity contribution in [2.24, 2.45) is 11.8 Å². The van der Waals surface area contributed by atoms with Crippen LogP contribution < -0.4 is 0 Å². The Morgan fingerprint density at radius 2 is 2.00 bits per heavy atom. The summed E-state index contributed by atoms with van der Waals surface area (Å²) in [5.41, 5.74) is 2.16. The smallest absolute Gasteiger partial charge is 0.293 e. The zero-order chi connectivity index (χ0) is 17.8. The molecule has 0 radical (unpaired) electrons. The average Bonchev–Trinajstić information content (AvgIpc) is 3.22. The molecule has 1 fully saturated rings. The molecule has 0 spiro atoms. The van der Waals surface area contributed by atoms with E-state index >= 15 is 0 Å². The van der Waals surface area contributed by atoms with Crippen LogP contribution in [0.2, 0.25) is 0 Å². The van der Waals surface area contributed by atoms with Crippen LogP contribution in [0.5, 0.6) is 0 Å². The lowest BCUT2D eigenvalue weighted by molar-refractivity contribution is 0.0685. The summed E-state index contributed by atoms with van der Waals surface area (Å²) in [4.78, 5) is 26.5. The minimum absolute atomic E-state index is 0.0498. The second-order valence-electron chi connectivity index (χ2n) is 7.95. The van der Waals surface area contributed by atoms with Crippen molar-refractivity contribution < 1.29 is 4.79 Å².